The predicted molar refractivity (Wildman–Crippen MR) is 87.9 cm³/mol. The maximum Gasteiger partial charge on any atom is 0.314 e. The summed E-state index contributed by atoms with van der Waals surface area (Å²) in [6.07, 6.45) is 5.62. The molecule has 0 aliphatic carbocycles. The van der Waals surface area contributed by atoms with Crippen LogP contribution in [0, 0.1) is 12.8 Å². The van der Waals surface area contributed by atoms with E-state index in [1.165, 1.54) is 6.20 Å². The van der Waals surface area contributed by atoms with Gasteiger partial charge in [0.1, 0.15) is 0 Å². The second-order valence-electron chi connectivity index (χ2n) is 5.70. The summed E-state index contributed by atoms with van der Waals surface area (Å²) in [5.74, 6) is -0.908. The van der Waals surface area contributed by atoms with Gasteiger partial charge < -0.3 is 10.6 Å². The van der Waals surface area contributed by atoms with E-state index < -0.39 is 11.8 Å². The number of carbonyl (C=O) groups excluding carboxylic acids is 2. The molecule has 7 heteroatoms. The van der Waals surface area contributed by atoms with Crippen molar-refractivity contribution < 1.29 is 9.59 Å². The van der Waals surface area contributed by atoms with E-state index in [0.29, 0.717) is 17.3 Å². The number of nitrogens with zero attached hydrogens (tertiary/aromatic N) is 3. The summed E-state index contributed by atoms with van der Waals surface area (Å²) in [4.78, 5) is 27.7. The van der Waals surface area contributed by atoms with Gasteiger partial charge in [-0.25, -0.2) is 0 Å². The van der Waals surface area contributed by atoms with Crippen molar-refractivity contribution in [2.45, 2.75) is 33.7 Å². The van der Waals surface area contributed by atoms with E-state index in [4.69, 9.17) is 0 Å². The Bertz CT molecular complexity index is 679. The van der Waals surface area contributed by atoms with Crippen LogP contribution in [0.3, 0.4) is 0 Å². The standard InChI is InChI=1S/C16H21N5O2/c1-11(2)6-8-21-12(3)14(10-18-21)20-16(23)15(22)19-13-5-4-7-17-9-13/h4-5,7,9-11H,6,8H2,1-3H3,(H,19,22)(H,20,23). The number of hydrogen-bond acceptors (Lipinski definition) is 4. The first kappa shape index (κ1) is 16.7. The van der Waals surface area contributed by atoms with Crippen LogP contribution in [0.5, 0.6) is 0 Å². The van der Waals surface area contributed by atoms with Crippen LogP contribution < -0.4 is 10.6 Å². The molecule has 2 amide bonds. The fourth-order valence-electron chi connectivity index (χ4n) is 1.98. The molecule has 7 nitrogen and oxygen atoms in total. The van der Waals surface area contributed by atoms with Crippen LogP contribution in [0.15, 0.2) is 30.7 Å². The molecule has 122 valence electrons. The molecule has 2 aromatic heterocycles. The molecule has 2 aromatic rings. The minimum atomic E-state index is -0.743. The van der Waals surface area contributed by atoms with Gasteiger partial charge >= 0.3 is 11.8 Å². The highest BCUT2D eigenvalue weighted by Gasteiger charge is 2.17. The number of nitrogens with one attached hydrogen (secondary N) is 2. The van der Waals surface area contributed by atoms with E-state index in [9.17, 15) is 9.59 Å². The second kappa shape index (κ2) is 7.53. The number of aryl methyl sites for hydroxylation is 1. The summed E-state index contributed by atoms with van der Waals surface area (Å²) in [5, 5.41) is 9.32. The zero-order chi connectivity index (χ0) is 16.8. The van der Waals surface area contributed by atoms with Gasteiger partial charge in [-0.1, -0.05) is 13.8 Å². The molecule has 0 aliphatic heterocycles. The number of rotatable bonds is 5. The van der Waals surface area contributed by atoms with Crippen LogP contribution in [-0.2, 0) is 16.1 Å². The van der Waals surface area contributed by atoms with Crippen molar-refractivity contribution in [1.82, 2.24) is 14.8 Å². The Hall–Kier alpha value is -2.70. The average molecular weight is 315 g/mol. The molecule has 0 atom stereocenters. The topological polar surface area (TPSA) is 88.9 Å². The van der Waals surface area contributed by atoms with Crippen LogP contribution in [0.4, 0.5) is 11.4 Å². The van der Waals surface area contributed by atoms with Crippen molar-refractivity contribution in [3.63, 3.8) is 0 Å². The summed E-state index contributed by atoms with van der Waals surface area (Å²) in [6.45, 7) is 6.93. The van der Waals surface area contributed by atoms with Crippen molar-refractivity contribution >= 4 is 23.2 Å². The number of hydrogen-bond donors (Lipinski definition) is 2. The Morgan fingerprint density at radius 1 is 1.22 bits per heavy atom. The van der Waals surface area contributed by atoms with Crippen LogP contribution in [0.1, 0.15) is 26.0 Å². The molecule has 0 radical (unpaired) electrons. The van der Waals surface area contributed by atoms with E-state index in [0.717, 1.165) is 18.7 Å². The van der Waals surface area contributed by atoms with Gasteiger partial charge in [0.15, 0.2) is 0 Å². The lowest BCUT2D eigenvalue weighted by molar-refractivity contribution is -0.133. The fraction of sp³-hybridized carbons (Fsp3) is 0.375. The van der Waals surface area contributed by atoms with E-state index in [1.54, 1.807) is 24.5 Å². The summed E-state index contributed by atoms with van der Waals surface area (Å²) in [6, 6.07) is 3.34. The van der Waals surface area contributed by atoms with Crippen molar-refractivity contribution in [1.29, 1.82) is 0 Å². The number of aromatic nitrogens is 3. The Labute approximate surface area is 135 Å². The first-order chi connectivity index (χ1) is 11.0. The Morgan fingerprint density at radius 2 is 1.96 bits per heavy atom. The SMILES string of the molecule is Cc1c(NC(=O)C(=O)Nc2cccnc2)cnn1CCC(C)C. The highest BCUT2D eigenvalue weighted by atomic mass is 16.2. The third-order valence-electron chi connectivity index (χ3n) is 3.40. The molecule has 0 bridgehead atoms. The first-order valence-corrected chi connectivity index (χ1v) is 7.52. The largest absolute Gasteiger partial charge is 0.316 e. The molecular weight excluding hydrogens is 294 g/mol. The van der Waals surface area contributed by atoms with Gasteiger partial charge in [-0.15, -0.1) is 0 Å². The third-order valence-corrected chi connectivity index (χ3v) is 3.40. The minimum absolute atomic E-state index is 0.469. The Morgan fingerprint density at radius 3 is 2.61 bits per heavy atom. The van der Waals surface area contributed by atoms with Crippen LogP contribution >= 0.6 is 0 Å². The molecule has 23 heavy (non-hydrogen) atoms. The van der Waals surface area contributed by atoms with Gasteiger partial charge in [0.05, 0.1) is 29.5 Å². The van der Waals surface area contributed by atoms with Gasteiger partial charge in [0.2, 0.25) is 0 Å². The molecular formula is C16H21N5O2. The van der Waals surface area contributed by atoms with E-state index in [2.05, 4.69) is 34.6 Å². The second-order valence-corrected chi connectivity index (χ2v) is 5.70. The molecule has 2 rings (SSSR count). The molecule has 0 aromatic carbocycles. The minimum Gasteiger partial charge on any atom is -0.316 e. The van der Waals surface area contributed by atoms with Crippen LogP contribution in [0.2, 0.25) is 0 Å². The zero-order valence-electron chi connectivity index (χ0n) is 13.5. The highest BCUT2D eigenvalue weighted by molar-refractivity contribution is 6.43. The first-order valence-electron chi connectivity index (χ1n) is 7.52. The van der Waals surface area contributed by atoms with Crippen LogP contribution in [0.25, 0.3) is 0 Å². The van der Waals surface area contributed by atoms with Gasteiger partial charge in [-0.3, -0.25) is 19.3 Å². The average Bonchev–Trinajstić information content (AvgIpc) is 2.86. The monoisotopic (exact) mass is 315 g/mol. The molecule has 0 aliphatic rings. The molecule has 2 heterocycles. The van der Waals surface area contributed by atoms with E-state index in [1.807, 2.05) is 11.6 Å². The highest BCUT2D eigenvalue weighted by Crippen LogP contribution is 2.15. The molecule has 0 spiro atoms. The smallest absolute Gasteiger partial charge is 0.314 e. The van der Waals surface area contributed by atoms with E-state index >= 15 is 0 Å². The molecule has 0 saturated carbocycles. The number of carbonyl (C=O) groups is 2. The number of anilines is 2. The number of pyridine rings is 1. The van der Waals surface area contributed by atoms with Gasteiger partial charge in [0.25, 0.3) is 0 Å². The zero-order valence-corrected chi connectivity index (χ0v) is 13.5. The normalized spacial score (nSPS) is 10.6. The lowest BCUT2D eigenvalue weighted by atomic mass is 10.1. The van der Waals surface area contributed by atoms with Crippen molar-refractivity contribution in [2.75, 3.05) is 10.6 Å². The summed E-state index contributed by atoms with van der Waals surface area (Å²) >= 11 is 0. The molecule has 2 N–H and O–H groups in total. The van der Waals surface area contributed by atoms with Crippen molar-refractivity contribution in [2.24, 2.45) is 5.92 Å². The van der Waals surface area contributed by atoms with Gasteiger partial charge in [-0.2, -0.15) is 5.10 Å². The number of amides is 2. The van der Waals surface area contributed by atoms with Gasteiger partial charge in [0, 0.05) is 12.7 Å². The lowest BCUT2D eigenvalue weighted by Crippen LogP contribution is -2.29. The predicted octanol–water partition coefficient (Wildman–Crippen LogP) is 2.21. The Balaban J connectivity index is 1.96. The summed E-state index contributed by atoms with van der Waals surface area (Å²) in [7, 11) is 0. The van der Waals surface area contributed by atoms with Gasteiger partial charge in [-0.05, 0) is 31.4 Å². The van der Waals surface area contributed by atoms with Crippen molar-refractivity contribution in [3.05, 3.63) is 36.4 Å². The van der Waals surface area contributed by atoms with Crippen LogP contribution in [-0.4, -0.2) is 26.6 Å². The molecule has 0 saturated heterocycles. The molecule has 0 unspecified atom stereocenters. The summed E-state index contributed by atoms with van der Waals surface area (Å²) in [5.41, 5.74) is 1.84. The van der Waals surface area contributed by atoms with Crippen molar-refractivity contribution in [3.8, 4) is 0 Å². The quantitative estimate of drug-likeness (QED) is 0.828. The molecule has 0 fully saturated rings. The van der Waals surface area contributed by atoms with E-state index in [-0.39, 0.29) is 0 Å². The maximum atomic E-state index is 12.0. The maximum absolute atomic E-state index is 12.0. The third kappa shape index (κ3) is 4.64. The Kier molecular flexibility index (Phi) is 5.46. The fourth-order valence-corrected chi connectivity index (χ4v) is 1.98. The lowest BCUT2D eigenvalue weighted by Gasteiger charge is -2.08. The summed E-state index contributed by atoms with van der Waals surface area (Å²) < 4.78 is 1.83.